The Morgan fingerprint density at radius 3 is 2.73 bits per heavy atom. The van der Waals surface area contributed by atoms with Gasteiger partial charge in [0.15, 0.2) is 0 Å². The van der Waals surface area contributed by atoms with Crippen LogP contribution in [0.15, 0.2) is 42.7 Å². The minimum Gasteiger partial charge on any atom is -0.338 e. The molecule has 1 aromatic heterocycles. The summed E-state index contributed by atoms with van der Waals surface area (Å²) in [5.41, 5.74) is 1.16. The fourth-order valence-electron chi connectivity index (χ4n) is 2.84. The maximum absolute atomic E-state index is 12.3. The number of carbonyl (C=O) groups is 3. The summed E-state index contributed by atoms with van der Waals surface area (Å²) in [6.07, 6.45) is 4.06. The summed E-state index contributed by atoms with van der Waals surface area (Å²) >= 11 is 0. The average Bonchev–Trinajstić information content (AvgIpc) is 3.19. The van der Waals surface area contributed by atoms with Crippen molar-refractivity contribution in [3.63, 3.8) is 0 Å². The van der Waals surface area contributed by atoms with Gasteiger partial charge in [0.2, 0.25) is 5.91 Å². The molecule has 136 valence electrons. The van der Waals surface area contributed by atoms with Crippen LogP contribution in [0.5, 0.6) is 0 Å². The summed E-state index contributed by atoms with van der Waals surface area (Å²) < 4.78 is 2.00. The molecule has 8 heteroatoms. The van der Waals surface area contributed by atoms with Crippen LogP contribution in [0.4, 0.5) is 4.79 Å². The van der Waals surface area contributed by atoms with E-state index in [1.165, 1.54) is 0 Å². The lowest BCUT2D eigenvalue weighted by Gasteiger charge is -2.18. The first-order chi connectivity index (χ1) is 12.5. The Hall–Kier alpha value is -3.16. The van der Waals surface area contributed by atoms with Crippen LogP contribution in [0, 0.1) is 0 Å². The molecule has 0 aliphatic carbocycles. The van der Waals surface area contributed by atoms with Crippen LogP contribution in [0.3, 0.4) is 0 Å². The largest absolute Gasteiger partial charge is 0.338 e. The van der Waals surface area contributed by atoms with Crippen molar-refractivity contribution < 1.29 is 14.4 Å². The Bertz CT molecular complexity index is 802. The molecule has 0 spiro atoms. The fraction of sp³-hybridized carbons (Fsp3) is 0.333. The van der Waals surface area contributed by atoms with Gasteiger partial charge in [-0.2, -0.15) is 0 Å². The molecular formula is C18H21N5O3. The van der Waals surface area contributed by atoms with Gasteiger partial charge in [0, 0.05) is 32.4 Å². The molecule has 2 heterocycles. The molecule has 0 radical (unpaired) electrons. The van der Waals surface area contributed by atoms with Gasteiger partial charge < -0.3 is 14.8 Å². The molecule has 0 saturated carbocycles. The lowest BCUT2D eigenvalue weighted by Crippen LogP contribution is -2.33. The number of aromatic nitrogens is 2. The topological polar surface area (TPSA) is 96.3 Å². The number of nitrogens with zero attached hydrogens (tertiary/aromatic N) is 3. The number of amides is 4. The highest BCUT2D eigenvalue weighted by molar-refractivity contribution is 6.04. The zero-order valence-corrected chi connectivity index (χ0v) is 14.5. The van der Waals surface area contributed by atoms with Gasteiger partial charge in [-0.3, -0.25) is 14.9 Å². The van der Waals surface area contributed by atoms with Crippen molar-refractivity contribution in [3.05, 3.63) is 54.1 Å². The number of hydrogen-bond donors (Lipinski definition) is 2. The van der Waals surface area contributed by atoms with Crippen LogP contribution >= 0.6 is 0 Å². The zero-order chi connectivity index (χ0) is 18.5. The van der Waals surface area contributed by atoms with Crippen molar-refractivity contribution in [1.82, 2.24) is 25.1 Å². The third-order valence-electron chi connectivity index (χ3n) is 4.31. The van der Waals surface area contributed by atoms with Gasteiger partial charge >= 0.3 is 6.03 Å². The Kier molecular flexibility index (Phi) is 5.31. The first-order valence-electron chi connectivity index (χ1n) is 8.42. The van der Waals surface area contributed by atoms with Gasteiger partial charge in [-0.05, 0) is 12.0 Å². The Morgan fingerprint density at radius 1 is 1.27 bits per heavy atom. The average molecular weight is 355 g/mol. The van der Waals surface area contributed by atoms with E-state index in [1.807, 2.05) is 41.1 Å². The molecule has 1 aromatic carbocycles. The first-order valence-corrected chi connectivity index (χ1v) is 8.42. The molecule has 1 saturated heterocycles. The van der Waals surface area contributed by atoms with E-state index in [4.69, 9.17) is 0 Å². The van der Waals surface area contributed by atoms with Gasteiger partial charge in [-0.25, -0.2) is 9.78 Å². The van der Waals surface area contributed by atoms with E-state index in [2.05, 4.69) is 15.6 Å². The third-order valence-corrected chi connectivity index (χ3v) is 4.31. The number of rotatable bonds is 7. The third kappa shape index (κ3) is 4.27. The van der Waals surface area contributed by atoms with Crippen molar-refractivity contribution in [2.75, 3.05) is 7.05 Å². The Balaban J connectivity index is 1.54. The van der Waals surface area contributed by atoms with Gasteiger partial charge in [0.25, 0.3) is 5.91 Å². The number of benzene rings is 1. The lowest BCUT2D eigenvalue weighted by atomic mass is 10.1. The number of imide groups is 1. The molecule has 1 aliphatic rings. The predicted molar refractivity (Wildman–Crippen MR) is 93.9 cm³/mol. The molecule has 1 atom stereocenters. The number of carbonyl (C=O) groups excluding carboxylic acids is 3. The number of hydrogen-bond acceptors (Lipinski definition) is 4. The van der Waals surface area contributed by atoms with Crippen molar-refractivity contribution >= 4 is 17.8 Å². The maximum Gasteiger partial charge on any atom is 0.322 e. The van der Waals surface area contributed by atoms with Crippen molar-refractivity contribution in [2.24, 2.45) is 0 Å². The zero-order valence-electron chi connectivity index (χ0n) is 14.5. The second kappa shape index (κ2) is 7.81. The van der Waals surface area contributed by atoms with Gasteiger partial charge in [-0.1, -0.05) is 30.3 Å². The molecule has 26 heavy (non-hydrogen) atoms. The quantitative estimate of drug-likeness (QED) is 0.721. The van der Waals surface area contributed by atoms with Crippen LogP contribution in [0.25, 0.3) is 0 Å². The van der Waals surface area contributed by atoms with E-state index in [9.17, 15) is 14.4 Å². The number of nitrogens with one attached hydrogen (secondary N) is 2. The second-order valence-corrected chi connectivity index (χ2v) is 6.26. The van der Waals surface area contributed by atoms with Crippen LogP contribution in [-0.2, 0) is 22.7 Å². The SMILES string of the molecule is CN(Cc1nccn1Cc1ccccc1)C(=O)CC[C@H]1NC(=O)NC1=O. The summed E-state index contributed by atoms with van der Waals surface area (Å²) in [7, 11) is 1.71. The van der Waals surface area contributed by atoms with E-state index in [1.54, 1.807) is 18.1 Å². The maximum atomic E-state index is 12.3. The van der Waals surface area contributed by atoms with E-state index in [-0.39, 0.29) is 24.7 Å². The molecule has 0 unspecified atom stereocenters. The van der Waals surface area contributed by atoms with Crippen LogP contribution in [0.1, 0.15) is 24.2 Å². The second-order valence-electron chi connectivity index (χ2n) is 6.26. The van der Waals surface area contributed by atoms with E-state index < -0.39 is 12.1 Å². The minimum absolute atomic E-state index is 0.104. The van der Waals surface area contributed by atoms with E-state index in [0.29, 0.717) is 13.1 Å². The van der Waals surface area contributed by atoms with E-state index in [0.717, 1.165) is 11.4 Å². The minimum atomic E-state index is -0.639. The number of imidazole rings is 1. The van der Waals surface area contributed by atoms with Crippen LogP contribution in [0.2, 0.25) is 0 Å². The van der Waals surface area contributed by atoms with Gasteiger partial charge in [0.1, 0.15) is 11.9 Å². The standard InChI is InChI=1S/C18H21N5O3/c1-22(16(24)8-7-14-17(25)21-18(26)20-14)12-15-19-9-10-23(15)11-13-5-3-2-4-6-13/h2-6,9-10,14H,7-8,11-12H2,1H3,(H2,20,21,25,26)/t14-/m1/s1. The fourth-order valence-corrected chi connectivity index (χ4v) is 2.84. The molecule has 2 aromatic rings. The predicted octanol–water partition coefficient (Wildman–Crippen LogP) is 0.878. The van der Waals surface area contributed by atoms with Crippen molar-refractivity contribution in [2.45, 2.75) is 32.0 Å². The van der Waals surface area contributed by atoms with Crippen molar-refractivity contribution in [1.29, 1.82) is 0 Å². The highest BCUT2D eigenvalue weighted by Gasteiger charge is 2.29. The summed E-state index contributed by atoms with van der Waals surface area (Å²) in [5, 5.41) is 4.65. The summed E-state index contributed by atoms with van der Waals surface area (Å²) in [6, 6.07) is 8.87. The van der Waals surface area contributed by atoms with Gasteiger partial charge in [0.05, 0.1) is 6.54 Å². The Labute approximate surface area is 151 Å². The smallest absolute Gasteiger partial charge is 0.322 e. The molecule has 0 bridgehead atoms. The molecule has 4 amide bonds. The highest BCUT2D eigenvalue weighted by Crippen LogP contribution is 2.10. The van der Waals surface area contributed by atoms with E-state index >= 15 is 0 Å². The molecular weight excluding hydrogens is 334 g/mol. The van der Waals surface area contributed by atoms with Crippen LogP contribution < -0.4 is 10.6 Å². The lowest BCUT2D eigenvalue weighted by molar-refractivity contribution is -0.130. The first kappa shape index (κ1) is 17.7. The molecule has 1 aliphatic heterocycles. The van der Waals surface area contributed by atoms with Crippen molar-refractivity contribution in [3.8, 4) is 0 Å². The molecule has 1 fully saturated rings. The normalized spacial score (nSPS) is 16.3. The molecule has 3 rings (SSSR count). The highest BCUT2D eigenvalue weighted by atomic mass is 16.2. The summed E-state index contributed by atoms with van der Waals surface area (Å²) in [5.74, 6) is 0.300. The summed E-state index contributed by atoms with van der Waals surface area (Å²) in [6.45, 7) is 1.06. The van der Waals surface area contributed by atoms with Gasteiger partial charge in [-0.15, -0.1) is 0 Å². The number of urea groups is 1. The van der Waals surface area contributed by atoms with Crippen LogP contribution in [-0.4, -0.2) is 45.4 Å². The molecule has 2 N–H and O–H groups in total. The monoisotopic (exact) mass is 355 g/mol. The summed E-state index contributed by atoms with van der Waals surface area (Å²) in [4.78, 5) is 40.9. The Morgan fingerprint density at radius 2 is 2.04 bits per heavy atom. The molecule has 8 nitrogen and oxygen atoms in total.